The van der Waals surface area contributed by atoms with Gasteiger partial charge in [-0.1, -0.05) is 24.3 Å². The Morgan fingerprint density at radius 1 is 0.833 bits per heavy atom. The van der Waals surface area contributed by atoms with Gasteiger partial charge in [0.05, 0.1) is 7.11 Å². The molecule has 1 atom stereocenters. The van der Waals surface area contributed by atoms with Gasteiger partial charge in [-0.3, -0.25) is 0 Å². The Bertz CT molecular complexity index is 486. The van der Waals surface area contributed by atoms with Gasteiger partial charge in [-0.25, -0.2) is 0 Å². The van der Waals surface area contributed by atoms with Crippen LogP contribution in [0.2, 0.25) is 0 Å². The summed E-state index contributed by atoms with van der Waals surface area (Å²) in [6.07, 6.45) is -0.795. The zero-order chi connectivity index (χ0) is 13.0. The number of rotatable bonds is 4. The minimum Gasteiger partial charge on any atom is -0.497 e. The number of hydrogen-bond donors (Lipinski definition) is 1. The van der Waals surface area contributed by atoms with E-state index in [4.69, 9.17) is 14.6 Å². The van der Waals surface area contributed by atoms with Crippen LogP contribution >= 0.6 is 0 Å². The van der Waals surface area contributed by atoms with Crippen LogP contribution in [0.3, 0.4) is 0 Å². The van der Waals surface area contributed by atoms with Crippen LogP contribution in [-0.4, -0.2) is 18.5 Å². The molecule has 1 N–H and O–H groups in total. The molecule has 0 aromatic heterocycles. The molecule has 0 saturated carbocycles. The Morgan fingerprint density at radius 3 is 1.67 bits per heavy atom. The van der Waals surface area contributed by atoms with E-state index in [-0.39, 0.29) is 0 Å². The lowest BCUT2D eigenvalue weighted by molar-refractivity contribution is -0.000281. The quantitative estimate of drug-likeness (QED) is 0.840. The van der Waals surface area contributed by atoms with E-state index in [0.29, 0.717) is 5.75 Å². The molecule has 3 heteroatoms. The Hall–Kier alpha value is -2.00. The predicted octanol–water partition coefficient (Wildman–Crippen LogP) is 3.08. The summed E-state index contributed by atoms with van der Waals surface area (Å²) in [5, 5.41) is 9.11. The van der Waals surface area contributed by atoms with Gasteiger partial charge < -0.3 is 14.6 Å². The van der Waals surface area contributed by atoms with Crippen LogP contribution in [0, 0.1) is 0 Å². The third-order valence-corrected chi connectivity index (χ3v) is 2.58. The van der Waals surface area contributed by atoms with E-state index in [1.807, 2.05) is 48.5 Å². The molecule has 0 spiro atoms. The van der Waals surface area contributed by atoms with Crippen LogP contribution in [0.5, 0.6) is 11.5 Å². The van der Waals surface area contributed by atoms with Crippen molar-refractivity contribution < 1.29 is 14.6 Å². The van der Waals surface area contributed by atoms with Crippen molar-refractivity contribution in [2.75, 3.05) is 7.11 Å². The van der Waals surface area contributed by atoms with E-state index in [2.05, 4.69) is 0 Å². The Morgan fingerprint density at radius 2 is 1.28 bits per heavy atom. The van der Waals surface area contributed by atoms with Crippen LogP contribution < -0.4 is 9.47 Å². The number of methoxy groups -OCH3 is 1. The molecule has 0 aliphatic rings. The fourth-order valence-electron chi connectivity index (χ4n) is 1.71. The maximum atomic E-state index is 9.11. The highest BCUT2D eigenvalue weighted by atomic mass is 16.6. The van der Waals surface area contributed by atoms with Crippen molar-refractivity contribution in [1.82, 2.24) is 0 Å². The van der Waals surface area contributed by atoms with Crippen LogP contribution in [0.25, 0.3) is 11.1 Å². The van der Waals surface area contributed by atoms with Crippen molar-refractivity contribution in [2.45, 2.75) is 13.2 Å². The summed E-state index contributed by atoms with van der Waals surface area (Å²) >= 11 is 0. The molecule has 0 radical (unpaired) electrons. The van der Waals surface area contributed by atoms with E-state index >= 15 is 0 Å². The number of hydrogen-bond acceptors (Lipinski definition) is 3. The molecule has 18 heavy (non-hydrogen) atoms. The van der Waals surface area contributed by atoms with E-state index < -0.39 is 6.29 Å². The second-order valence-corrected chi connectivity index (χ2v) is 3.97. The van der Waals surface area contributed by atoms with Crippen molar-refractivity contribution in [2.24, 2.45) is 0 Å². The lowest BCUT2D eigenvalue weighted by Gasteiger charge is -2.09. The molecule has 1 unspecified atom stereocenters. The van der Waals surface area contributed by atoms with E-state index in [1.165, 1.54) is 0 Å². The Kier molecular flexibility index (Phi) is 3.85. The number of aliphatic hydroxyl groups excluding tert-OH is 1. The number of ether oxygens (including phenoxy) is 2. The molecule has 2 aromatic rings. The van der Waals surface area contributed by atoms with Crippen LogP contribution in [-0.2, 0) is 0 Å². The van der Waals surface area contributed by atoms with Gasteiger partial charge >= 0.3 is 0 Å². The second-order valence-electron chi connectivity index (χ2n) is 3.97. The van der Waals surface area contributed by atoms with Crippen molar-refractivity contribution in [1.29, 1.82) is 0 Å². The summed E-state index contributed by atoms with van der Waals surface area (Å²) < 4.78 is 10.3. The van der Waals surface area contributed by atoms with Crippen molar-refractivity contribution >= 4 is 0 Å². The Balaban J connectivity index is 2.17. The van der Waals surface area contributed by atoms with Crippen LogP contribution in [0.15, 0.2) is 48.5 Å². The molecular weight excluding hydrogens is 228 g/mol. The van der Waals surface area contributed by atoms with Gasteiger partial charge in [0.1, 0.15) is 11.5 Å². The average molecular weight is 244 g/mol. The molecule has 0 amide bonds. The third-order valence-electron chi connectivity index (χ3n) is 2.58. The van der Waals surface area contributed by atoms with Gasteiger partial charge in [0.15, 0.2) is 6.29 Å². The maximum absolute atomic E-state index is 9.11. The predicted molar refractivity (Wildman–Crippen MR) is 70.7 cm³/mol. The molecule has 2 rings (SSSR count). The minimum atomic E-state index is -0.795. The van der Waals surface area contributed by atoms with E-state index in [9.17, 15) is 0 Å². The zero-order valence-corrected chi connectivity index (χ0v) is 10.5. The average Bonchev–Trinajstić information content (AvgIpc) is 2.39. The summed E-state index contributed by atoms with van der Waals surface area (Å²) in [6.45, 7) is 1.58. The Labute approximate surface area is 107 Å². The highest BCUT2D eigenvalue weighted by Gasteiger charge is 2.01. The molecular formula is C15H16O3. The lowest BCUT2D eigenvalue weighted by atomic mass is 10.1. The smallest absolute Gasteiger partial charge is 0.194 e. The van der Waals surface area contributed by atoms with E-state index in [1.54, 1.807) is 14.0 Å². The zero-order valence-electron chi connectivity index (χ0n) is 10.5. The van der Waals surface area contributed by atoms with Gasteiger partial charge in [0.25, 0.3) is 0 Å². The topological polar surface area (TPSA) is 38.7 Å². The molecule has 2 aromatic carbocycles. The first-order chi connectivity index (χ1) is 8.69. The molecule has 0 aliphatic carbocycles. The molecule has 0 fully saturated rings. The highest BCUT2D eigenvalue weighted by molar-refractivity contribution is 5.64. The molecule has 94 valence electrons. The van der Waals surface area contributed by atoms with E-state index in [0.717, 1.165) is 16.9 Å². The minimum absolute atomic E-state index is 0.655. The summed E-state index contributed by atoms with van der Waals surface area (Å²) in [7, 11) is 1.65. The van der Waals surface area contributed by atoms with Gasteiger partial charge in [0, 0.05) is 0 Å². The molecule has 0 bridgehead atoms. The van der Waals surface area contributed by atoms with Gasteiger partial charge in [-0.05, 0) is 42.3 Å². The first-order valence-electron chi connectivity index (χ1n) is 5.78. The standard InChI is InChI=1S/C15H16O3/c1-11(16)18-15-9-5-13(6-10-15)12-3-7-14(17-2)8-4-12/h3-11,16H,1-2H3. The van der Waals surface area contributed by atoms with Crippen molar-refractivity contribution in [3.8, 4) is 22.6 Å². The van der Waals surface area contributed by atoms with Gasteiger partial charge in [-0.15, -0.1) is 0 Å². The molecule has 3 nitrogen and oxygen atoms in total. The molecule has 0 heterocycles. The highest BCUT2D eigenvalue weighted by Crippen LogP contribution is 2.24. The number of benzene rings is 2. The van der Waals surface area contributed by atoms with Gasteiger partial charge in [0.2, 0.25) is 0 Å². The molecule has 0 aliphatic heterocycles. The summed E-state index contributed by atoms with van der Waals surface area (Å²) in [4.78, 5) is 0. The van der Waals surface area contributed by atoms with Crippen LogP contribution in [0.4, 0.5) is 0 Å². The summed E-state index contributed by atoms with van der Waals surface area (Å²) in [5.74, 6) is 1.50. The first-order valence-corrected chi connectivity index (χ1v) is 5.78. The fraction of sp³-hybridized carbons (Fsp3) is 0.200. The normalized spacial score (nSPS) is 11.9. The van der Waals surface area contributed by atoms with Crippen molar-refractivity contribution in [3.63, 3.8) is 0 Å². The largest absolute Gasteiger partial charge is 0.497 e. The SMILES string of the molecule is COc1ccc(-c2ccc(OC(C)O)cc2)cc1. The van der Waals surface area contributed by atoms with Gasteiger partial charge in [-0.2, -0.15) is 0 Å². The van der Waals surface area contributed by atoms with Crippen molar-refractivity contribution in [3.05, 3.63) is 48.5 Å². The van der Waals surface area contributed by atoms with Crippen LogP contribution in [0.1, 0.15) is 6.92 Å². The fourth-order valence-corrected chi connectivity index (χ4v) is 1.71. The first kappa shape index (κ1) is 12.5. The number of aliphatic hydroxyl groups is 1. The third kappa shape index (κ3) is 3.02. The summed E-state index contributed by atoms with van der Waals surface area (Å²) in [6, 6.07) is 15.5. The summed E-state index contributed by atoms with van der Waals surface area (Å²) in [5.41, 5.74) is 2.20. The maximum Gasteiger partial charge on any atom is 0.194 e. The lowest BCUT2D eigenvalue weighted by Crippen LogP contribution is -2.09. The second kappa shape index (κ2) is 5.56. The molecule has 0 saturated heterocycles. The monoisotopic (exact) mass is 244 g/mol.